The highest BCUT2D eigenvalue weighted by molar-refractivity contribution is 7.89. The van der Waals surface area contributed by atoms with E-state index in [2.05, 4.69) is 4.98 Å². The van der Waals surface area contributed by atoms with E-state index in [-0.39, 0.29) is 29.6 Å². The predicted molar refractivity (Wildman–Crippen MR) is 120 cm³/mol. The third-order valence-corrected chi connectivity index (χ3v) is 7.52. The Balaban J connectivity index is 1.70. The molecule has 1 amide bonds. The van der Waals surface area contributed by atoms with Gasteiger partial charge in [0.15, 0.2) is 0 Å². The standard InChI is InChI=1S/C22H32N4O5S/c1-5-31-22(28)12-13-26(15-16-6-7-16)21(27)11-10-20-23-18-14-17(32(29,30)24(2)3)8-9-19(18)25(20)4/h8-9,14,16H,5-7,10-13,15H2,1-4H3. The minimum atomic E-state index is -3.55. The first-order chi connectivity index (χ1) is 15.1. The summed E-state index contributed by atoms with van der Waals surface area (Å²) in [7, 11) is 1.29. The number of sulfonamides is 1. The van der Waals surface area contributed by atoms with Crippen LogP contribution in [0.1, 0.15) is 38.4 Å². The maximum atomic E-state index is 12.9. The number of carbonyl (C=O) groups is 2. The molecule has 0 saturated heterocycles. The smallest absolute Gasteiger partial charge is 0.307 e. The lowest BCUT2D eigenvalue weighted by molar-refractivity contribution is -0.144. The summed E-state index contributed by atoms with van der Waals surface area (Å²) in [5, 5.41) is 0. The number of hydrogen-bond donors (Lipinski definition) is 0. The quantitative estimate of drug-likeness (QED) is 0.471. The largest absolute Gasteiger partial charge is 0.466 e. The van der Waals surface area contributed by atoms with Gasteiger partial charge in [-0.05, 0) is 43.9 Å². The zero-order valence-corrected chi connectivity index (χ0v) is 20.0. The van der Waals surface area contributed by atoms with Gasteiger partial charge in [-0.3, -0.25) is 9.59 Å². The molecule has 1 aliphatic rings. The number of carbonyl (C=O) groups excluding carboxylic acids is 2. The molecule has 1 aliphatic carbocycles. The van der Waals surface area contributed by atoms with Crippen molar-refractivity contribution in [1.29, 1.82) is 0 Å². The van der Waals surface area contributed by atoms with Gasteiger partial charge in [0.2, 0.25) is 15.9 Å². The van der Waals surface area contributed by atoms with Crippen molar-refractivity contribution in [2.24, 2.45) is 13.0 Å². The van der Waals surface area contributed by atoms with Crippen molar-refractivity contribution in [3.05, 3.63) is 24.0 Å². The molecule has 1 aromatic heterocycles. The van der Waals surface area contributed by atoms with Crippen LogP contribution < -0.4 is 0 Å². The number of fused-ring (bicyclic) bond motifs is 1. The van der Waals surface area contributed by atoms with Gasteiger partial charge in [0, 0.05) is 47.1 Å². The molecular formula is C22H32N4O5S. The van der Waals surface area contributed by atoms with Gasteiger partial charge in [-0.1, -0.05) is 0 Å². The second-order valence-electron chi connectivity index (χ2n) is 8.36. The fraction of sp³-hybridized carbons (Fsp3) is 0.591. The lowest BCUT2D eigenvalue weighted by Crippen LogP contribution is -2.35. The van der Waals surface area contributed by atoms with E-state index in [0.717, 1.165) is 18.4 Å². The fourth-order valence-electron chi connectivity index (χ4n) is 3.59. The summed E-state index contributed by atoms with van der Waals surface area (Å²) in [5.41, 5.74) is 1.39. The molecule has 2 aromatic rings. The van der Waals surface area contributed by atoms with Crippen LogP contribution in [0, 0.1) is 5.92 Å². The molecule has 1 aromatic carbocycles. The van der Waals surface area contributed by atoms with Crippen LogP contribution in [0.5, 0.6) is 0 Å². The molecule has 32 heavy (non-hydrogen) atoms. The Morgan fingerprint density at radius 2 is 1.94 bits per heavy atom. The number of benzene rings is 1. The van der Waals surface area contributed by atoms with E-state index in [1.54, 1.807) is 30.0 Å². The first-order valence-electron chi connectivity index (χ1n) is 10.9. The lowest BCUT2D eigenvalue weighted by Gasteiger charge is -2.22. The Hall–Kier alpha value is -2.46. The number of hydrogen-bond acceptors (Lipinski definition) is 6. The van der Waals surface area contributed by atoms with Gasteiger partial charge in [-0.2, -0.15) is 0 Å². The van der Waals surface area contributed by atoms with Crippen LogP contribution in [0.25, 0.3) is 11.0 Å². The third kappa shape index (κ3) is 5.66. The molecule has 0 radical (unpaired) electrons. The predicted octanol–water partition coefficient (Wildman–Crippen LogP) is 1.95. The Morgan fingerprint density at radius 1 is 1.22 bits per heavy atom. The molecule has 176 valence electrons. The first-order valence-corrected chi connectivity index (χ1v) is 12.4. The Kier molecular flexibility index (Phi) is 7.55. The van der Waals surface area contributed by atoms with Gasteiger partial charge < -0.3 is 14.2 Å². The average molecular weight is 465 g/mol. The van der Waals surface area contributed by atoms with Crippen molar-refractivity contribution in [3.63, 3.8) is 0 Å². The molecule has 9 nitrogen and oxygen atoms in total. The number of aromatic nitrogens is 2. The molecule has 10 heteroatoms. The third-order valence-electron chi connectivity index (χ3n) is 5.71. The summed E-state index contributed by atoms with van der Waals surface area (Å²) in [6, 6.07) is 4.87. The van der Waals surface area contributed by atoms with Crippen molar-refractivity contribution in [1.82, 2.24) is 18.8 Å². The molecule has 3 rings (SSSR count). The fourth-order valence-corrected chi connectivity index (χ4v) is 4.51. The summed E-state index contributed by atoms with van der Waals surface area (Å²) < 4.78 is 32.9. The van der Waals surface area contributed by atoms with Crippen LogP contribution in [-0.2, 0) is 37.8 Å². The molecule has 0 unspecified atom stereocenters. The number of ether oxygens (including phenoxy) is 1. The summed E-state index contributed by atoms with van der Waals surface area (Å²) in [6.07, 6.45) is 3.13. The second-order valence-corrected chi connectivity index (χ2v) is 10.5. The molecule has 0 aliphatic heterocycles. The van der Waals surface area contributed by atoms with Crippen molar-refractivity contribution < 1.29 is 22.7 Å². The normalized spacial score (nSPS) is 14.2. The Morgan fingerprint density at radius 3 is 2.56 bits per heavy atom. The molecule has 1 heterocycles. The van der Waals surface area contributed by atoms with Crippen LogP contribution >= 0.6 is 0 Å². The van der Waals surface area contributed by atoms with Gasteiger partial charge in [0.05, 0.1) is 29.0 Å². The number of rotatable bonds is 11. The molecule has 0 spiro atoms. The van der Waals surface area contributed by atoms with E-state index in [0.29, 0.717) is 43.4 Å². The maximum absolute atomic E-state index is 12.9. The average Bonchev–Trinajstić information content (AvgIpc) is 3.51. The van der Waals surface area contributed by atoms with E-state index in [1.807, 2.05) is 11.6 Å². The van der Waals surface area contributed by atoms with Crippen LogP contribution in [0.2, 0.25) is 0 Å². The minimum Gasteiger partial charge on any atom is -0.466 e. The number of aryl methyl sites for hydroxylation is 2. The Labute approximate surface area is 189 Å². The zero-order valence-electron chi connectivity index (χ0n) is 19.2. The van der Waals surface area contributed by atoms with E-state index in [4.69, 9.17) is 4.74 Å². The highest BCUT2D eigenvalue weighted by atomic mass is 32.2. The van der Waals surface area contributed by atoms with Gasteiger partial charge >= 0.3 is 5.97 Å². The summed E-state index contributed by atoms with van der Waals surface area (Å²) in [5.74, 6) is 0.933. The summed E-state index contributed by atoms with van der Waals surface area (Å²) in [6.45, 7) is 3.13. The number of nitrogens with zero attached hydrogens (tertiary/aromatic N) is 4. The maximum Gasteiger partial charge on any atom is 0.307 e. The topological polar surface area (TPSA) is 102 Å². The molecule has 0 atom stereocenters. The zero-order chi connectivity index (χ0) is 23.5. The molecule has 0 N–H and O–H groups in total. The van der Waals surface area contributed by atoms with E-state index >= 15 is 0 Å². The van der Waals surface area contributed by atoms with Crippen LogP contribution in [0.3, 0.4) is 0 Å². The SMILES string of the molecule is CCOC(=O)CCN(CC1CC1)C(=O)CCc1nc2cc(S(=O)(=O)N(C)C)ccc2n1C. The van der Waals surface area contributed by atoms with Gasteiger partial charge in [0.1, 0.15) is 5.82 Å². The van der Waals surface area contributed by atoms with Gasteiger partial charge in [-0.25, -0.2) is 17.7 Å². The van der Waals surface area contributed by atoms with E-state index < -0.39 is 10.0 Å². The second kappa shape index (κ2) is 9.99. The number of amides is 1. The molecule has 1 saturated carbocycles. The van der Waals surface area contributed by atoms with Crippen LogP contribution in [0.15, 0.2) is 23.1 Å². The van der Waals surface area contributed by atoms with Crippen molar-refractivity contribution >= 4 is 32.9 Å². The van der Waals surface area contributed by atoms with E-state index in [9.17, 15) is 18.0 Å². The highest BCUT2D eigenvalue weighted by Gasteiger charge is 2.27. The molecule has 1 fully saturated rings. The van der Waals surface area contributed by atoms with Crippen molar-refractivity contribution in [3.8, 4) is 0 Å². The van der Waals surface area contributed by atoms with Crippen molar-refractivity contribution in [2.75, 3.05) is 33.8 Å². The van der Waals surface area contributed by atoms with Crippen molar-refractivity contribution in [2.45, 2.75) is 43.9 Å². The van der Waals surface area contributed by atoms with Crippen LogP contribution in [0.4, 0.5) is 0 Å². The lowest BCUT2D eigenvalue weighted by atomic mass is 10.2. The molecular weight excluding hydrogens is 432 g/mol. The van der Waals surface area contributed by atoms with Crippen LogP contribution in [-0.4, -0.2) is 72.8 Å². The van der Waals surface area contributed by atoms with Gasteiger partial charge in [0.25, 0.3) is 0 Å². The summed E-state index contributed by atoms with van der Waals surface area (Å²) in [4.78, 5) is 31.1. The summed E-state index contributed by atoms with van der Waals surface area (Å²) >= 11 is 0. The first kappa shape index (κ1) is 24.2. The number of esters is 1. The minimum absolute atomic E-state index is 0.0101. The Bertz CT molecular complexity index is 1090. The number of imidazole rings is 1. The van der Waals surface area contributed by atoms with E-state index in [1.165, 1.54) is 18.4 Å². The monoisotopic (exact) mass is 464 g/mol. The molecule has 0 bridgehead atoms. The van der Waals surface area contributed by atoms with Gasteiger partial charge in [-0.15, -0.1) is 0 Å². The highest BCUT2D eigenvalue weighted by Crippen LogP contribution is 2.30.